The van der Waals surface area contributed by atoms with Crippen molar-refractivity contribution in [2.75, 3.05) is 26.2 Å². The summed E-state index contributed by atoms with van der Waals surface area (Å²) in [7, 11) is 0. The third kappa shape index (κ3) is 3.10. The first-order chi connectivity index (χ1) is 7.97. The van der Waals surface area contributed by atoms with Gasteiger partial charge in [0.05, 0.1) is 18.8 Å². The second kappa shape index (κ2) is 4.82. The van der Waals surface area contributed by atoms with E-state index in [2.05, 4.69) is 5.32 Å². The number of piperidine rings is 1. The van der Waals surface area contributed by atoms with Crippen LogP contribution in [-0.2, 0) is 9.47 Å². The summed E-state index contributed by atoms with van der Waals surface area (Å²) >= 11 is 0. The van der Waals surface area contributed by atoms with E-state index in [0.717, 1.165) is 19.5 Å². The van der Waals surface area contributed by atoms with E-state index < -0.39 is 5.60 Å². The van der Waals surface area contributed by atoms with E-state index in [1.807, 2.05) is 25.7 Å². The third-order valence-corrected chi connectivity index (χ3v) is 3.08. The Labute approximate surface area is 102 Å². The molecule has 0 aromatic rings. The standard InChI is InChI=1S/C12H22N2O3/c1-12(2,3)17-11(15)14-6-7-16-10-4-5-13-8-9(10)14/h9-10,13H,4-8H2,1-3H3/t9-,10-/m0/s1. The molecule has 2 aliphatic rings. The second-order valence-electron chi connectivity index (χ2n) is 5.64. The van der Waals surface area contributed by atoms with Crippen molar-refractivity contribution >= 4 is 6.09 Å². The number of carbonyl (C=O) groups excluding carboxylic acids is 1. The molecule has 0 radical (unpaired) electrons. The van der Waals surface area contributed by atoms with Crippen LogP contribution in [0.4, 0.5) is 4.79 Å². The van der Waals surface area contributed by atoms with E-state index in [1.165, 1.54) is 0 Å². The molecule has 0 aliphatic carbocycles. The van der Waals surface area contributed by atoms with Crippen molar-refractivity contribution in [3.05, 3.63) is 0 Å². The largest absolute Gasteiger partial charge is 0.444 e. The minimum absolute atomic E-state index is 0.118. The minimum Gasteiger partial charge on any atom is -0.444 e. The van der Waals surface area contributed by atoms with E-state index >= 15 is 0 Å². The fourth-order valence-corrected chi connectivity index (χ4v) is 2.34. The van der Waals surface area contributed by atoms with Crippen LogP contribution in [0, 0.1) is 0 Å². The Kier molecular flexibility index (Phi) is 3.58. The van der Waals surface area contributed by atoms with Crippen molar-refractivity contribution in [2.24, 2.45) is 0 Å². The van der Waals surface area contributed by atoms with Gasteiger partial charge in [-0.2, -0.15) is 0 Å². The van der Waals surface area contributed by atoms with Crippen LogP contribution >= 0.6 is 0 Å². The highest BCUT2D eigenvalue weighted by Crippen LogP contribution is 2.21. The van der Waals surface area contributed by atoms with E-state index in [-0.39, 0.29) is 18.2 Å². The number of carbonyl (C=O) groups is 1. The predicted octanol–water partition coefficient (Wildman–Crippen LogP) is 0.984. The molecule has 0 aromatic carbocycles. The van der Waals surface area contributed by atoms with Crippen molar-refractivity contribution in [1.82, 2.24) is 10.2 Å². The highest BCUT2D eigenvalue weighted by molar-refractivity contribution is 5.68. The number of morpholine rings is 1. The van der Waals surface area contributed by atoms with Crippen LogP contribution in [0.2, 0.25) is 0 Å². The zero-order chi connectivity index (χ0) is 12.5. The van der Waals surface area contributed by atoms with E-state index in [4.69, 9.17) is 9.47 Å². The first-order valence-corrected chi connectivity index (χ1v) is 6.29. The number of hydrogen-bond donors (Lipinski definition) is 1. The molecule has 2 aliphatic heterocycles. The Balaban J connectivity index is 2.01. The summed E-state index contributed by atoms with van der Waals surface area (Å²) in [6.07, 6.45) is 0.904. The molecular formula is C12H22N2O3. The highest BCUT2D eigenvalue weighted by atomic mass is 16.6. The van der Waals surface area contributed by atoms with Gasteiger partial charge in [-0.1, -0.05) is 0 Å². The smallest absolute Gasteiger partial charge is 0.410 e. The molecule has 0 aromatic heterocycles. The topological polar surface area (TPSA) is 50.8 Å². The zero-order valence-electron chi connectivity index (χ0n) is 10.9. The molecule has 0 spiro atoms. The van der Waals surface area contributed by atoms with Gasteiger partial charge in [-0.15, -0.1) is 0 Å². The molecule has 0 bridgehead atoms. The molecule has 1 amide bonds. The Morgan fingerprint density at radius 3 is 2.94 bits per heavy atom. The normalized spacial score (nSPS) is 29.7. The van der Waals surface area contributed by atoms with Gasteiger partial charge >= 0.3 is 6.09 Å². The summed E-state index contributed by atoms with van der Waals surface area (Å²) in [6, 6.07) is 0.118. The van der Waals surface area contributed by atoms with Crippen molar-refractivity contribution in [2.45, 2.75) is 44.9 Å². The maximum atomic E-state index is 12.1. The van der Waals surface area contributed by atoms with Crippen molar-refractivity contribution < 1.29 is 14.3 Å². The molecule has 2 saturated heterocycles. The van der Waals surface area contributed by atoms with Gasteiger partial charge in [0, 0.05) is 13.1 Å². The Morgan fingerprint density at radius 2 is 2.24 bits per heavy atom. The average Bonchev–Trinajstić information content (AvgIpc) is 2.26. The Bertz CT molecular complexity index is 286. The summed E-state index contributed by atoms with van der Waals surface area (Å²) in [5, 5.41) is 3.30. The molecule has 5 nitrogen and oxygen atoms in total. The number of rotatable bonds is 0. The van der Waals surface area contributed by atoms with Gasteiger partial charge in [0.15, 0.2) is 0 Å². The number of ether oxygens (including phenoxy) is 2. The van der Waals surface area contributed by atoms with E-state index in [9.17, 15) is 4.79 Å². The number of nitrogens with zero attached hydrogens (tertiary/aromatic N) is 1. The van der Waals surface area contributed by atoms with E-state index in [1.54, 1.807) is 0 Å². The monoisotopic (exact) mass is 242 g/mol. The molecule has 2 rings (SSSR count). The van der Waals surface area contributed by atoms with Gasteiger partial charge in [0.1, 0.15) is 5.60 Å². The van der Waals surface area contributed by atoms with Crippen LogP contribution < -0.4 is 5.32 Å². The minimum atomic E-state index is -0.438. The number of hydrogen-bond acceptors (Lipinski definition) is 4. The van der Waals surface area contributed by atoms with Crippen LogP contribution in [0.5, 0.6) is 0 Å². The average molecular weight is 242 g/mol. The van der Waals surface area contributed by atoms with E-state index in [0.29, 0.717) is 13.2 Å². The number of nitrogens with one attached hydrogen (secondary N) is 1. The summed E-state index contributed by atoms with van der Waals surface area (Å²) in [5.74, 6) is 0. The Hall–Kier alpha value is -0.810. The van der Waals surface area contributed by atoms with Gasteiger partial charge in [0.2, 0.25) is 0 Å². The Morgan fingerprint density at radius 1 is 1.47 bits per heavy atom. The van der Waals surface area contributed by atoms with Gasteiger partial charge < -0.3 is 14.8 Å². The first kappa shape index (κ1) is 12.6. The SMILES string of the molecule is CC(C)(C)OC(=O)N1CCO[C@H]2CCNC[C@@H]21. The fraction of sp³-hybridized carbons (Fsp3) is 0.917. The molecule has 2 fully saturated rings. The lowest BCUT2D eigenvalue weighted by atomic mass is 10.0. The summed E-state index contributed by atoms with van der Waals surface area (Å²) in [4.78, 5) is 13.9. The predicted molar refractivity (Wildman–Crippen MR) is 64.0 cm³/mol. The van der Waals surface area contributed by atoms with Crippen LogP contribution in [0.1, 0.15) is 27.2 Å². The van der Waals surface area contributed by atoms with Gasteiger partial charge in [-0.3, -0.25) is 4.90 Å². The molecule has 17 heavy (non-hydrogen) atoms. The second-order valence-corrected chi connectivity index (χ2v) is 5.64. The van der Waals surface area contributed by atoms with Crippen LogP contribution in [0.25, 0.3) is 0 Å². The van der Waals surface area contributed by atoms with Crippen LogP contribution in [-0.4, -0.2) is 55.0 Å². The molecule has 98 valence electrons. The molecule has 0 unspecified atom stereocenters. The van der Waals surface area contributed by atoms with Crippen molar-refractivity contribution in [1.29, 1.82) is 0 Å². The van der Waals surface area contributed by atoms with Crippen molar-refractivity contribution in [3.8, 4) is 0 Å². The lowest BCUT2D eigenvalue weighted by molar-refractivity contribution is -0.0849. The fourth-order valence-electron chi connectivity index (χ4n) is 2.34. The third-order valence-electron chi connectivity index (χ3n) is 3.08. The molecule has 2 heterocycles. The lowest BCUT2D eigenvalue weighted by Crippen LogP contribution is -2.61. The lowest BCUT2D eigenvalue weighted by Gasteiger charge is -2.43. The molecule has 5 heteroatoms. The number of amides is 1. The quantitative estimate of drug-likeness (QED) is 0.688. The maximum absolute atomic E-state index is 12.1. The van der Waals surface area contributed by atoms with Crippen LogP contribution in [0.3, 0.4) is 0 Å². The number of fused-ring (bicyclic) bond motifs is 1. The van der Waals surface area contributed by atoms with Crippen LogP contribution in [0.15, 0.2) is 0 Å². The van der Waals surface area contributed by atoms with Gasteiger partial charge in [0.25, 0.3) is 0 Å². The molecule has 2 atom stereocenters. The van der Waals surface area contributed by atoms with Crippen molar-refractivity contribution in [3.63, 3.8) is 0 Å². The molecule has 0 saturated carbocycles. The zero-order valence-corrected chi connectivity index (χ0v) is 10.9. The summed E-state index contributed by atoms with van der Waals surface area (Å²) in [5.41, 5.74) is -0.438. The first-order valence-electron chi connectivity index (χ1n) is 6.29. The van der Waals surface area contributed by atoms with Gasteiger partial charge in [-0.25, -0.2) is 4.79 Å². The maximum Gasteiger partial charge on any atom is 0.410 e. The molecular weight excluding hydrogens is 220 g/mol. The molecule has 1 N–H and O–H groups in total. The summed E-state index contributed by atoms with van der Waals surface area (Å²) in [6.45, 7) is 8.66. The highest BCUT2D eigenvalue weighted by Gasteiger charge is 2.38. The van der Waals surface area contributed by atoms with Gasteiger partial charge in [-0.05, 0) is 33.7 Å². The summed E-state index contributed by atoms with van der Waals surface area (Å²) < 4.78 is 11.1.